The van der Waals surface area contributed by atoms with Crippen LogP contribution < -0.4 is 5.32 Å². The molecule has 3 aromatic rings. The number of hydrogen-bond acceptors (Lipinski definition) is 2. The maximum atomic E-state index is 13.2. The van der Waals surface area contributed by atoms with Crippen LogP contribution in [0.15, 0.2) is 60.8 Å². The first-order chi connectivity index (χ1) is 12.2. The van der Waals surface area contributed by atoms with Crippen molar-refractivity contribution < 1.29 is 4.79 Å². The van der Waals surface area contributed by atoms with Crippen LogP contribution in [0, 0.1) is 0 Å². The number of nitrogens with one attached hydrogen (secondary N) is 1. The molecule has 1 amide bonds. The molecule has 0 spiro atoms. The van der Waals surface area contributed by atoms with Gasteiger partial charge in [-0.2, -0.15) is 0 Å². The fourth-order valence-corrected chi connectivity index (χ4v) is 3.78. The van der Waals surface area contributed by atoms with E-state index in [4.69, 9.17) is 0 Å². The van der Waals surface area contributed by atoms with E-state index >= 15 is 0 Å². The Morgan fingerprint density at radius 1 is 1.00 bits per heavy atom. The number of likely N-dealkylation sites (tertiary alicyclic amines) is 1. The van der Waals surface area contributed by atoms with Crippen LogP contribution in [-0.2, 0) is 11.8 Å². The van der Waals surface area contributed by atoms with Gasteiger partial charge >= 0.3 is 0 Å². The third-order valence-electron chi connectivity index (χ3n) is 5.06. The zero-order valence-electron chi connectivity index (χ0n) is 14.5. The Labute approximate surface area is 148 Å². The van der Waals surface area contributed by atoms with Crippen LogP contribution in [0.2, 0.25) is 0 Å². The molecule has 25 heavy (non-hydrogen) atoms. The van der Waals surface area contributed by atoms with Crippen LogP contribution in [0.5, 0.6) is 0 Å². The number of benzene rings is 2. The first kappa shape index (κ1) is 15.9. The summed E-state index contributed by atoms with van der Waals surface area (Å²) in [6.45, 7) is 1.95. The summed E-state index contributed by atoms with van der Waals surface area (Å²) in [5.41, 5.74) is 3.06. The summed E-state index contributed by atoms with van der Waals surface area (Å²) >= 11 is 0. The fraction of sp³-hybridized carbons (Fsp3) is 0.286. The Balaban J connectivity index is 1.66. The van der Waals surface area contributed by atoms with Crippen molar-refractivity contribution in [3.63, 3.8) is 0 Å². The summed E-state index contributed by atoms with van der Waals surface area (Å²) in [6.07, 6.45) is 4.34. The molecule has 0 bridgehead atoms. The summed E-state index contributed by atoms with van der Waals surface area (Å²) < 4.78 is 2.07. The van der Waals surface area contributed by atoms with Crippen molar-refractivity contribution in [1.82, 2.24) is 9.47 Å². The summed E-state index contributed by atoms with van der Waals surface area (Å²) in [5, 5.41) is 4.26. The lowest BCUT2D eigenvalue weighted by Crippen LogP contribution is -2.35. The number of aromatic nitrogens is 1. The van der Waals surface area contributed by atoms with Crippen molar-refractivity contribution in [3.05, 3.63) is 66.4 Å². The van der Waals surface area contributed by atoms with Crippen LogP contribution in [0.4, 0.5) is 5.69 Å². The van der Waals surface area contributed by atoms with E-state index in [1.807, 2.05) is 55.7 Å². The molecule has 1 atom stereocenters. The monoisotopic (exact) mass is 333 g/mol. The van der Waals surface area contributed by atoms with E-state index < -0.39 is 0 Å². The van der Waals surface area contributed by atoms with Crippen LogP contribution in [-0.4, -0.2) is 28.5 Å². The molecular formula is C21H23N3O. The smallest absolute Gasteiger partial charge is 0.246 e. The molecule has 2 aromatic carbocycles. The van der Waals surface area contributed by atoms with E-state index in [1.165, 1.54) is 0 Å². The van der Waals surface area contributed by atoms with Gasteiger partial charge in [-0.3, -0.25) is 9.69 Å². The van der Waals surface area contributed by atoms with Gasteiger partial charge in [-0.1, -0.05) is 36.4 Å². The SMILES string of the molecule is Cn1ccc2c(NC(=O)C(c3ccccc3)N3CCCC3)cccc21. The van der Waals surface area contributed by atoms with Gasteiger partial charge < -0.3 is 9.88 Å². The van der Waals surface area contributed by atoms with Crippen LogP contribution in [0.1, 0.15) is 24.4 Å². The average Bonchev–Trinajstić information content (AvgIpc) is 3.28. The highest BCUT2D eigenvalue weighted by molar-refractivity contribution is 6.03. The van der Waals surface area contributed by atoms with Gasteiger partial charge in [0, 0.05) is 24.1 Å². The van der Waals surface area contributed by atoms with E-state index in [0.717, 1.165) is 48.1 Å². The fourth-order valence-electron chi connectivity index (χ4n) is 3.78. The molecule has 0 radical (unpaired) electrons. The highest BCUT2D eigenvalue weighted by atomic mass is 16.2. The molecule has 4 rings (SSSR count). The van der Waals surface area contributed by atoms with Crippen molar-refractivity contribution in [3.8, 4) is 0 Å². The second-order valence-electron chi connectivity index (χ2n) is 6.71. The topological polar surface area (TPSA) is 37.3 Å². The largest absolute Gasteiger partial charge is 0.350 e. The molecule has 128 valence electrons. The molecule has 1 aliphatic rings. The van der Waals surface area contributed by atoms with E-state index in [2.05, 4.69) is 26.9 Å². The lowest BCUT2D eigenvalue weighted by Gasteiger charge is -2.27. The zero-order chi connectivity index (χ0) is 17.2. The standard InChI is InChI=1S/C21H23N3O/c1-23-15-12-17-18(10-7-11-19(17)23)22-21(25)20(24-13-5-6-14-24)16-8-3-2-4-9-16/h2-4,7-12,15,20H,5-6,13-14H2,1H3,(H,22,25). The predicted octanol–water partition coefficient (Wildman–Crippen LogP) is 3.95. The quantitative estimate of drug-likeness (QED) is 0.785. The van der Waals surface area contributed by atoms with Gasteiger partial charge in [0.05, 0.1) is 5.69 Å². The number of aryl methyl sites for hydroxylation is 1. The molecule has 0 saturated carbocycles. The molecule has 1 aliphatic heterocycles. The Bertz CT molecular complexity index is 879. The lowest BCUT2D eigenvalue weighted by molar-refractivity contribution is -0.121. The molecule has 1 unspecified atom stereocenters. The Morgan fingerprint density at radius 2 is 1.76 bits per heavy atom. The second-order valence-corrected chi connectivity index (χ2v) is 6.71. The number of rotatable bonds is 4. The first-order valence-electron chi connectivity index (χ1n) is 8.88. The van der Waals surface area contributed by atoms with Crippen molar-refractivity contribution in [1.29, 1.82) is 0 Å². The molecule has 1 fully saturated rings. The van der Waals surface area contributed by atoms with E-state index in [0.29, 0.717) is 0 Å². The molecule has 0 aliphatic carbocycles. The highest BCUT2D eigenvalue weighted by Gasteiger charge is 2.29. The third kappa shape index (κ3) is 3.05. The molecule has 4 nitrogen and oxygen atoms in total. The Kier molecular flexibility index (Phi) is 4.28. The molecule has 2 heterocycles. The number of nitrogens with zero attached hydrogens (tertiary/aromatic N) is 2. The van der Waals surface area contributed by atoms with Gasteiger partial charge in [-0.05, 0) is 49.7 Å². The van der Waals surface area contributed by atoms with Gasteiger partial charge in [0.25, 0.3) is 0 Å². The summed E-state index contributed by atoms with van der Waals surface area (Å²) in [7, 11) is 2.02. The molecular weight excluding hydrogens is 310 g/mol. The van der Waals surface area contributed by atoms with Gasteiger partial charge in [0.15, 0.2) is 0 Å². The predicted molar refractivity (Wildman–Crippen MR) is 102 cm³/mol. The van der Waals surface area contributed by atoms with Crippen molar-refractivity contribution in [2.45, 2.75) is 18.9 Å². The summed E-state index contributed by atoms with van der Waals surface area (Å²) in [4.78, 5) is 15.5. The van der Waals surface area contributed by atoms with E-state index in [1.54, 1.807) is 0 Å². The van der Waals surface area contributed by atoms with Crippen LogP contribution >= 0.6 is 0 Å². The summed E-state index contributed by atoms with van der Waals surface area (Å²) in [5.74, 6) is 0.0458. The van der Waals surface area contributed by atoms with Gasteiger partial charge in [-0.25, -0.2) is 0 Å². The Hall–Kier alpha value is -2.59. The first-order valence-corrected chi connectivity index (χ1v) is 8.88. The minimum atomic E-state index is -0.234. The Morgan fingerprint density at radius 3 is 2.52 bits per heavy atom. The number of amides is 1. The lowest BCUT2D eigenvalue weighted by atomic mass is 10.0. The highest BCUT2D eigenvalue weighted by Crippen LogP contribution is 2.29. The molecule has 1 N–H and O–H groups in total. The van der Waals surface area contributed by atoms with Gasteiger partial charge in [-0.15, -0.1) is 0 Å². The number of anilines is 1. The number of fused-ring (bicyclic) bond motifs is 1. The maximum Gasteiger partial charge on any atom is 0.246 e. The van der Waals surface area contributed by atoms with Crippen molar-refractivity contribution in [2.75, 3.05) is 18.4 Å². The summed E-state index contributed by atoms with van der Waals surface area (Å²) in [6, 6.07) is 18.0. The van der Waals surface area contributed by atoms with Gasteiger partial charge in [0.2, 0.25) is 5.91 Å². The normalized spacial score (nSPS) is 16.2. The second kappa shape index (κ2) is 6.73. The molecule has 1 saturated heterocycles. The average molecular weight is 333 g/mol. The number of carbonyl (C=O) groups is 1. The van der Waals surface area contributed by atoms with Crippen LogP contribution in [0.25, 0.3) is 10.9 Å². The maximum absolute atomic E-state index is 13.2. The van der Waals surface area contributed by atoms with E-state index in [9.17, 15) is 4.79 Å². The minimum Gasteiger partial charge on any atom is -0.350 e. The third-order valence-corrected chi connectivity index (χ3v) is 5.06. The molecule has 1 aromatic heterocycles. The van der Waals surface area contributed by atoms with E-state index in [-0.39, 0.29) is 11.9 Å². The van der Waals surface area contributed by atoms with Gasteiger partial charge in [0.1, 0.15) is 6.04 Å². The van der Waals surface area contributed by atoms with Crippen LogP contribution in [0.3, 0.4) is 0 Å². The number of hydrogen-bond donors (Lipinski definition) is 1. The number of carbonyl (C=O) groups excluding carboxylic acids is 1. The zero-order valence-corrected chi connectivity index (χ0v) is 14.5. The molecule has 4 heteroatoms. The van der Waals surface area contributed by atoms with Crippen molar-refractivity contribution in [2.24, 2.45) is 7.05 Å². The minimum absolute atomic E-state index is 0.0458. The van der Waals surface area contributed by atoms with Crippen molar-refractivity contribution >= 4 is 22.5 Å².